The Balaban J connectivity index is 1.88. The van der Waals surface area contributed by atoms with Crippen molar-refractivity contribution >= 4 is 20.9 Å². The zero-order valence-electron chi connectivity index (χ0n) is 12.7. The molecule has 1 aromatic carbocycles. The lowest BCUT2D eigenvalue weighted by molar-refractivity contribution is 0.426. The summed E-state index contributed by atoms with van der Waals surface area (Å²) in [6.45, 7) is 0. The number of hydrogen-bond donors (Lipinski definition) is 1. The van der Waals surface area contributed by atoms with Crippen LogP contribution in [0.3, 0.4) is 0 Å². The number of sulfonamides is 1. The minimum atomic E-state index is -3.53. The Kier molecular flexibility index (Phi) is 4.74. The molecule has 0 spiro atoms. The predicted molar refractivity (Wildman–Crippen MR) is 88.2 cm³/mol. The molecule has 0 unspecified atom stereocenters. The first-order chi connectivity index (χ1) is 10.7. The molecule has 0 radical (unpaired) electrons. The maximum absolute atomic E-state index is 12.8. The molecule has 1 N–H and O–H groups in total. The molecule has 0 saturated heterocycles. The summed E-state index contributed by atoms with van der Waals surface area (Å²) < 4.78 is 28.4. The monoisotopic (exact) mass is 318 g/mol. The molecule has 1 fully saturated rings. The van der Waals surface area contributed by atoms with Crippen molar-refractivity contribution in [3.63, 3.8) is 0 Å². The highest BCUT2D eigenvalue weighted by Crippen LogP contribution is 2.23. The fourth-order valence-electron chi connectivity index (χ4n) is 3.15. The van der Waals surface area contributed by atoms with Gasteiger partial charge in [-0.3, -0.25) is 4.98 Å². The number of pyridine rings is 1. The van der Waals surface area contributed by atoms with Gasteiger partial charge in [0.2, 0.25) is 10.0 Å². The van der Waals surface area contributed by atoms with Crippen molar-refractivity contribution < 1.29 is 8.42 Å². The summed E-state index contributed by atoms with van der Waals surface area (Å²) in [5.41, 5.74) is 0.545. The van der Waals surface area contributed by atoms with Crippen LogP contribution in [-0.4, -0.2) is 19.4 Å². The van der Waals surface area contributed by atoms with Crippen LogP contribution in [-0.2, 0) is 10.0 Å². The Morgan fingerprint density at radius 2 is 1.64 bits per heavy atom. The fraction of sp³-hybridized carbons (Fsp3) is 0.471. The van der Waals surface area contributed by atoms with Gasteiger partial charge in [0.05, 0.1) is 5.52 Å². The average molecular weight is 318 g/mol. The van der Waals surface area contributed by atoms with Crippen molar-refractivity contribution in [2.24, 2.45) is 0 Å². The maximum atomic E-state index is 12.8. The van der Waals surface area contributed by atoms with E-state index >= 15 is 0 Å². The molecule has 1 aliphatic carbocycles. The van der Waals surface area contributed by atoms with E-state index in [9.17, 15) is 8.42 Å². The summed E-state index contributed by atoms with van der Waals surface area (Å²) in [5, 5.41) is 0.850. The number of nitrogens with zero attached hydrogens (tertiary/aromatic N) is 1. The van der Waals surface area contributed by atoms with Crippen molar-refractivity contribution in [3.8, 4) is 0 Å². The lowest BCUT2D eigenvalue weighted by atomic mass is 9.97. The molecule has 5 heteroatoms. The van der Waals surface area contributed by atoms with Crippen molar-refractivity contribution in [2.45, 2.75) is 55.9 Å². The number of nitrogens with one attached hydrogen (secondary N) is 1. The number of fused-ring (bicyclic) bond motifs is 1. The van der Waals surface area contributed by atoms with Crippen molar-refractivity contribution in [2.75, 3.05) is 0 Å². The molecule has 118 valence electrons. The van der Waals surface area contributed by atoms with Gasteiger partial charge in [-0.2, -0.15) is 0 Å². The number of hydrogen-bond acceptors (Lipinski definition) is 3. The molecule has 22 heavy (non-hydrogen) atoms. The van der Waals surface area contributed by atoms with Gasteiger partial charge in [-0.25, -0.2) is 13.1 Å². The van der Waals surface area contributed by atoms with Crippen LogP contribution in [0.5, 0.6) is 0 Å². The van der Waals surface area contributed by atoms with E-state index in [1.165, 1.54) is 19.3 Å². The first-order valence-corrected chi connectivity index (χ1v) is 9.51. The molecule has 0 atom stereocenters. The average Bonchev–Trinajstić information content (AvgIpc) is 2.49. The summed E-state index contributed by atoms with van der Waals surface area (Å²) in [6, 6.07) is 9.05. The summed E-state index contributed by atoms with van der Waals surface area (Å²) in [4.78, 5) is 4.54. The minimum Gasteiger partial charge on any atom is -0.255 e. The Morgan fingerprint density at radius 1 is 0.955 bits per heavy atom. The van der Waals surface area contributed by atoms with Crippen LogP contribution in [0.15, 0.2) is 41.4 Å². The summed E-state index contributed by atoms with van der Waals surface area (Å²) >= 11 is 0. The second-order valence-corrected chi connectivity index (χ2v) is 7.68. The second-order valence-electron chi connectivity index (χ2n) is 5.99. The summed E-state index contributed by atoms with van der Waals surface area (Å²) in [7, 11) is -3.53. The van der Waals surface area contributed by atoms with Crippen LogP contribution >= 0.6 is 0 Å². The smallest absolute Gasteiger partial charge is 0.242 e. The van der Waals surface area contributed by atoms with Gasteiger partial charge in [-0.05, 0) is 25.0 Å². The molecule has 1 saturated carbocycles. The predicted octanol–water partition coefficient (Wildman–Crippen LogP) is 3.63. The molecule has 0 aliphatic heterocycles. The van der Waals surface area contributed by atoms with Crippen molar-refractivity contribution in [1.29, 1.82) is 0 Å². The second kappa shape index (κ2) is 6.75. The van der Waals surface area contributed by atoms with E-state index in [1.807, 2.05) is 18.2 Å². The molecular weight excluding hydrogens is 296 g/mol. The first-order valence-electron chi connectivity index (χ1n) is 8.03. The number of rotatable bonds is 3. The third-order valence-corrected chi connectivity index (χ3v) is 5.86. The normalized spacial score (nSPS) is 18.0. The highest BCUT2D eigenvalue weighted by Gasteiger charge is 2.22. The highest BCUT2D eigenvalue weighted by molar-refractivity contribution is 7.89. The molecule has 1 aromatic heterocycles. The molecule has 4 nitrogen and oxygen atoms in total. The van der Waals surface area contributed by atoms with Crippen LogP contribution < -0.4 is 4.72 Å². The van der Waals surface area contributed by atoms with Gasteiger partial charge < -0.3 is 0 Å². The molecule has 0 amide bonds. The number of aromatic nitrogens is 1. The Hall–Kier alpha value is -1.46. The minimum absolute atomic E-state index is 0.0456. The highest BCUT2D eigenvalue weighted by atomic mass is 32.2. The molecule has 1 heterocycles. The molecule has 1 aliphatic rings. The first kappa shape index (κ1) is 15.4. The van der Waals surface area contributed by atoms with Gasteiger partial charge in [0.25, 0.3) is 0 Å². The summed E-state index contributed by atoms with van der Waals surface area (Å²) in [5.74, 6) is 0. The lowest BCUT2D eigenvalue weighted by Gasteiger charge is -2.21. The van der Waals surface area contributed by atoms with Gasteiger partial charge in [-0.1, -0.05) is 50.3 Å². The van der Waals surface area contributed by atoms with Crippen LogP contribution in [0, 0.1) is 0 Å². The lowest BCUT2D eigenvalue weighted by Crippen LogP contribution is -2.35. The SMILES string of the molecule is O=S(=O)(NC1CCCCCCC1)c1cccc2cccnc12. The van der Waals surface area contributed by atoms with Crippen LogP contribution in [0.4, 0.5) is 0 Å². The van der Waals surface area contributed by atoms with E-state index in [1.54, 1.807) is 18.3 Å². The molecule has 3 rings (SSSR count). The largest absolute Gasteiger partial charge is 0.255 e. The molecular formula is C17H22N2O2S. The zero-order valence-corrected chi connectivity index (χ0v) is 13.5. The van der Waals surface area contributed by atoms with Gasteiger partial charge >= 0.3 is 0 Å². The van der Waals surface area contributed by atoms with Gasteiger partial charge in [-0.15, -0.1) is 0 Å². The van der Waals surface area contributed by atoms with E-state index in [-0.39, 0.29) is 10.9 Å². The zero-order chi connectivity index (χ0) is 15.4. The van der Waals surface area contributed by atoms with Crippen molar-refractivity contribution in [1.82, 2.24) is 9.71 Å². The third-order valence-electron chi connectivity index (χ3n) is 4.31. The standard InChI is InChI=1S/C17H22N2O2S/c20-22(21,19-15-10-4-2-1-3-5-11-15)16-12-6-8-14-9-7-13-18-17(14)16/h6-9,12-13,15,19H,1-5,10-11H2. The number of benzene rings is 1. The Bertz CT molecular complexity index is 730. The third kappa shape index (κ3) is 3.47. The molecule has 0 bridgehead atoms. The van der Waals surface area contributed by atoms with E-state index in [0.717, 1.165) is 31.1 Å². The van der Waals surface area contributed by atoms with Gasteiger partial charge in [0.15, 0.2) is 0 Å². The van der Waals surface area contributed by atoms with E-state index < -0.39 is 10.0 Å². The van der Waals surface area contributed by atoms with Gasteiger partial charge in [0, 0.05) is 17.6 Å². The van der Waals surface area contributed by atoms with E-state index in [0.29, 0.717) is 5.52 Å². The quantitative estimate of drug-likeness (QED) is 0.940. The topological polar surface area (TPSA) is 59.1 Å². The van der Waals surface area contributed by atoms with E-state index in [2.05, 4.69) is 9.71 Å². The number of para-hydroxylation sites is 1. The Morgan fingerprint density at radius 3 is 2.41 bits per heavy atom. The summed E-state index contributed by atoms with van der Waals surface area (Å²) in [6.07, 6.45) is 9.36. The van der Waals surface area contributed by atoms with E-state index in [4.69, 9.17) is 0 Å². The van der Waals surface area contributed by atoms with Crippen LogP contribution in [0.25, 0.3) is 10.9 Å². The molecule has 2 aromatic rings. The van der Waals surface area contributed by atoms with Crippen molar-refractivity contribution in [3.05, 3.63) is 36.5 Å². The fourth-order valence-corrected chi connectivity index (χ4v) is 4.63. The Labute approximate surface area is 132 Å². The van der Waals surface area contributed by atoms with Gasteiger partial charge in [0.1, 0.15) is 4.90 Å². The van der Waals surface area contributed by atoms with Crippen LogP contribution in [0.2, 0.25) is 0 Å². The van der Waals surface area contributed by atoms with Crippen LogP contribution in [0.1, 0.15) is 44.9 Å². The maximum Gasteiger partial charge on any atom is 0.242 e.